The molecule has 0 saturated carbocycles. The highest BCUT2D eigenvalue weighted by Crippen LogP contribution is 2.30. The number of nitrogens with two attached hydrogens (primary N) is 1. The van der Waals surface area contributed by atoms with Gasteiger partial charge in [0.05, 0.1) is 5.56 Å². The number of benzene rings is 1. The van der Waals surface area contributed by atoms with Gasteiger partial charge in [-0.15, -0.1) is 0 Å². The Balaban J connectivity index is 2.39. The number of hydrogen-bond acceptors (Lipinski definition) is 3. The minimum absolute atomic E-state index is 0.0565. The van der Waals surface area contributed by atoms with Gasteiger partial charge in [0.15, 0.2) is 0 Å². The molecule has 1 aliphatic rings. The van der Waals surface area contributed by atoms with E-state index in [1.54, 1.807) is 24.0 Å². The van der Waals surface area contributed by atoms with Gasteiger partial charge in [0, 0.05) is 18.7 Å². The van der Waals surface area contributed by atoms with Gasteiger partial charge in [-0.3, -0.25) is 4.79 Å². The van der Waals surface area contributed by atoms with Crippen molar-refractivity contribution in [2.45, 2.75) is 20.3 Å². The Labute approximate surface area is 112 Å². The summed E-state index contributed by atoms with van der Waals surface area (Å²) in [6.45, 7) is 4.72. The molecule has 1 unspecified atom stereocenters. The molecule has 19 heavy (non-hydrogen) atoms. The molecule has 1 aliphatic heterocycles. The van der Waals surface area contributed by atoms with Crippen LogP contribution >= 0.6 is 0 Å². The molecule has 0 aromatic heterocycles. The molecule has 1 heterocycles. The fourth-order valence-electron chi connectivity index (χ4n) is 2.50. The van der Waals surface area contributed by atoms with Gasteiger partial charge < -0.3 is 15.7 Å². The minimum atomic E-state index is -0.945. The smallest absolute Gasteiger partial charge is 0.335 e. The second-order valence-electron chi connectivity index (χ2n) is 5.00. The molecule has 1 saturated heterocycles. The molecule has 1 atom stereocenters. The van der Waals surface area contributed by atoms with Crippen LogP contribution in [0.4, 0.5) is 5.69 Å². The van der Waals surface area contributed by atoms with Crippen molar-refractivity contribution in [3.63, 3.8) is 0 Å². The van der Waals surface area contributed by atoms with Gasteiger partial charge in [-0.05, 0) is 49.6 Å². The molecule has 1 aromatic rings. The Bertz CT molecular complexity index is 540. The summed E-state index contributed by atoms with van der Waals surface area (Å²) in [7, 11) is 0. The zero-order valence-electron chi connectivity index (χ0n) is 11.1. The van der Waals surface area contributed by atoms with Gasteiger partial charge in [0.25, 0.3) is 0 Å². The zero-order valence-corrected chi connectivity index (χ0v) is 11.1. The fraction of sp³-hybridized carbons (Fsp3) is 0.429. The van der Waals surface area contributed by atoms with Crippen molar-refractivity contribution in [3.8, 4) is 0 Å². The van der Waals surface area contributed by atoms with E-state index in [-0.39, 0.29) is 17.4 Å². The van der Waals surface area contributed by atoms with Crippen LogP contribution in [0.25, 0.3) is 0 Å². The van der Waals surface area contributed by atoms with E-state index in [0.29, 0.717) is 25.1 Å². The standard InChI is InChI=1S/C14H18N2O3/c1-8-9(2)12(4-3-11(8)14(18)19)16-7-10(6-15)5-13(16)17/h3-4,10H,5-7,15H2,1-2H3,(H,18,19). The second-order valence-corrected chi connectivity index (χ2v) is 5.00. The van der Waals surface area contributed by atoms with Crippen molar-refractivity contribution in [1.82, 2.24) is 0 Å². The number of hydrogen-bond donors (Lipinski definition) is 2. The van der Waals surface area contributed by atoms with Gasteiger partial charge in [0.2, 0.25) is 5.91 Å². The van der Waals surface area contributed by atoms with E-state index in [1.165, 1.54) is 0 Å². The van der Waals surface area contributed by atoms with Gasteiger partial charge in [0.1, 0.15) is 0 Å². The van der Waals surface area contributed by atoms with Crippen molar-refractivity contribution in [3.05, 3.63) is 28.8 Å². The number of anilines is 1. The SMILES string of the molecule is Cc1c(C(=O)O)ccc(N2CC(CN)CC2=O)c1C. The number of nitrogens with zero attached hydrogens (tertiary/aromatic N) is 1. The van der Waals surface area contributed by atoms with Crippen LogP contribution in [0.5, 0.6) is 0 Å². The van der Waals surface area contributed by atoms with Gasteiger partial charge in [-0.25, -0.2) is 4.79 Å². The van der Waals surface area contributed by atoms with Crippen molar-refractivity contribution in [2.75, 3.05) is 18.0 Å². The minimum Gasteiger partial charge on any atom is -0.478 e. The zero-order chi connectivity index (χ0) is 14.2. The molecule has 3 N–H and O–H groups in total. The predicted molar refractivity (Wildman–Crippen MR) is 72.4 cm³/mol. The topological polar surface area (TPSA) is 83.6 Å². The maximum atomic E-state index is 12.0. The van der Waals surface area contributed by atoms with Crippen LogP contribution in [0.2, 0.25) is 0 Å². The monoisotopic (exact) mass is 262 g/mol. The summed E-state index contributed by atoms with van der Waals surface area (Å²) in [6, 6.07) is 3.27. The predicted octanol–water partition coefficient (Wildman–Crippen LogP) is 1.31. The third-order valence-electron chi connectivity index (χ3n) is 3.82. The second kappa shape index (κ2) is 5.01. The fourth-order valence-corrected chi connectivity index (χ4v) is 2.50. The molecule has 0 radical (unpaired) electrons. The van der Waals surface area contributed by atoms with E-state index < -0.39 is 5.97 Å². The molecule has 102 valence electrons. The lowest BCUT2D eigenvalue weighted by Gasteiger charge is -2.21. The molecule has 1 aromatic carbocycles. The molecule has 0 bridgehead atoms. The molecule has 1 amide bonds. The molecule has 0 spiro atoms. The Kier molecular flexibility index (Phi) is 3.57. The normalized spacial score (nSPS) is 19.0. The third kappa shape index (κ3) is 2.33. The molecular formula is C14H18N2O3. The first-order valence-electron chi connectivity index (χ1n) is 6.29. The quantitative estimate of drug-likeness (QED) is 0.860. The van der Waals surface area contributed by atoms with Crippen LogP contribution in [-0.2, 0) is 4.79 Å². The summed E-state index contributed by atoms with van der Waals surface area (Å²) < 4.78 is 0. The first kappa shape index (κ1) is 13.5. The highest BCUT2D eigenvalue weighted by atomic mass is 16.4. The van der Waals surface area contributed by atoms with Gasteiger partial charge in [-0.1, -0.05) is 0 Å². The number of aromatic carboxylic acids is 1. The molecule has 5 heteroatoms. The van der Waals surface area contributed by atoms with Crippen molar-refractivity contribution >= 4 is 17.6 Å². The first-order valence-corrected chi connectivity index (χ1v) is 6.29. The number of amides is 1. The van der Waals surface area contributed by atoms with E-state index in [9.17, 15) is 9.59 Å². The summed E-state index contributed by atoms with van der Waals surface area (Å²) >= 11 is 0. The molecule has 1 fully saturated rings. The number of carboxylic acid groups (broad SMARTS) is 1. The van der Waals surface area contributed by atoms with Crippen LogP contribution in [0.3, 0.4) is 0 Å². The maximum absolute atomic E-state index is 12.0. The highest BCUT2D eigenvalue weighted by molar-refractivity contribution is 5.98. The number of carbonyl (C=O) groups is 2. The van der Waals surface area contributed by atoms with E-state index in [1.807, 2.05) is 6.92 Å². The van der Waals surface area contributed by atoms with Gasteiger partial charge in [-0.2, -0.15) is 0 Å². The number of carboxylic acids is 1. The average molecular weight is 262 g/mol. The van der Waals surface area contributed by atoms with E-state index >= 15 is 0 Å². The summed E-state index contributed by atoms with van der Waals surface area (Å²) in [5.74, 6) is -0.702. The van der Waals surface area contributed by atoms with Crippen LogP contribution < -0.4 is 10.6 Å². The summed E-state index contributed by atoms with van der Waals surface area (Å²) in [6.07, 6.45) is 0.468. The average Bonchev–Trinajstić information content (AvgIpc) is 2.73. The molecular weight excluding hydrogens is 244 g/mol. The van der Waals surface area contributed by atoms with Crippen molar-refractivity contribution in [1.29, 1.82) is 0 Å². The van der Waals surface area contributed by atoms with E-state index in [4.69, 9.17) is 10.8 Å². The van der Waals surface area contributed by atoms with Crippen LogP contribution in [0.1, 0.15) is 27.9 Å². The van der Waals surface area contributed by atoms with E-state index in [2.05, 4.69) is 0 Å². The summed E-state index contributed by atoms with van der Waals surface area (Å²) in [5, 5.41) is 9.08. The van der Waals surface area contributed by atoms with Crippen molar-refractivity contribution < 1.29 is 14.7 Å². The molecule has 5 nitrogen and oxygen atoms in total. The Morgan fingerprint density at radius 2 is 2.11 bits per heavy atom. The first-order chi connectivity index (χ1) is 8.95. The highest BCUT2D eigenvalue weighted by Gasteiger charge is 2.31. The van der Waals surface area contributed by atoms with Crippen LogP contribution in [0.15, 0.2) is 12.1 Å². The van der Waals surface area contributed by atoms with Crippen molar-refractivity contribution in [2.24, 2.45) is 11.7 Å². The van der Waals surface area contributed by atoms with Crippen LogP contribution in [-0.4, -0.2) is 30.1 Å². The Morgan fingerprint density at radius 1 is 1.42 bits per heavy atom. The summed E-state index contributed by atoms with van der Waals surface area (Å²) in [4.78, 5) is 24.8. The lowest BCUT2D eigenvalue weighted by Crippen LogP contribution is -2.26. The number of carbonyl (C=O) groups excluding carboxylic acids is 1. The maximum Gasteiger partial charge on any atom is 0.335 e. The van der Waals surface area contributed by atoms with E-state index in [0.717, 1.165) is 11.3 Å². The lowest BCUT2D eigenvalue weighted by atomic mass is 10.0. The Hall–Kier alpha value is -1.88. The molecule has 2 rings (SSSR count). The largest absolute Gasteiger partial charge is 0.478 e. The summed E-state index contributed by atoms with van der Waals surface area (Å²) in [5.41, 5.74) is 8.23. The Morgan fingerprint density at radius 3 is 2.63 bits per heavy atom. The lowest BCUT2D eigenvalue weighted by molar-refractivity contribution is -0.117. The molecule has 0 aliphatic carbocycles. The number of rotatable bonds is 3. The van der Waals surface area contributed by atoms with Gasteiger partial charge >= 0.3 is 5.97 Å². The van der Waals surface area contributed by atoms with Crippen LogP contribution in [0, 0.1) is 19.8 Å². The third-order valence-corrected chi connectivity index (χ3v) is 3.82.